The van der Waals surface area contributed by atoms with Crippen LogP contribution in [0.25, 0.3) is 0 Å². The lowest BCUT2D eigenvalue weighted by molar-refractivity contribution is 0.258. The van der Waals surface area contributed by atoms with Crippen molar-refractivity contribution in [1.82, 2.24) is 0 Å². The van der Waals surface area contributed by atoms with Crippen LogP contribution in [0.4, 0.5) is 0 Å². The lowest BCUT2D eigenvalue weighted by atomic mass is 9.95. The minimum atomic E-state index is 0.0153. The summed E-state index contributed by atoms with van der Waals surface area (Å²) in [5.41, 5.74) is 7.34. The molecule has 0 atom stereocenters. The van der Waals surface area contributed by atoms with Crippen LogP contribution in [-0.4, -0.2) is 12.1 Å². The van der Waals surface area contributed by atoms with Crippen LogP contribution < -0.4 is 10.5 Å². The number of halogens is 1. The highest BCUT2D eigenvalue weighted by molar-refractivity contribution is 6.31. The number of ether oxygens (including phenoxy) is 1. The van der Waals surface area contributed by atoms with Gasteiger partial charge in [0.2, 0.25) is 0 Å². The normalized spacial score (nSPS) is 18.3. The van der Waals surface area contributed by atoms with Gasteiger partial charge in [-0.3, -0.25) is 0 Å². The molecule has 0 aliphatic heterocycles. The fourth-order valence-electron chi connectivity index (χ4n) is 2.41. The second-order valence-electron chi connectivity index (χ2n) is 5.08. The second kappa shape index (κ2) is 5.28. The van der Waals surface area contributed by atoms with Crippen LogP contribution in [0.3, 0.4) is 0 Å². The van der Waals surface area contributed by atoms with Gasteiger partial charge in [-0.25, -0.2) is 0 Å². The first kappa shape index (κ1) is 12.7. The molecule has 1 aliphatic rings. The molecule has 2 nitrogen and oxygen atoms in total. The van der Waals surface area contributed by atoms with E-state index in [9.17, 15) is 0 Å². The number of benzene rings is 1. The molecule has 3 heteroatoms. The van der Waals surface area contributed by atoms with Crippen LogP contribution in [0.1, 0.15) is 37.7 Å². The van der Waals surface area contributed by atoms with Gasteiger partial charge in [0.1, 0.15) is 5.75 Å². The molecular weight excluding hydrogens is 234 g/mol. The molecule has 2 rings (SSSR count). The molecule has 17 heavy (non-hydrogen) atoms. The zero-order valence-corrected chi connectivity index (χ0v) is 11.1. The summed E-state index contributed by atoms with van der Waals surface area (Å²) in [5.74, 6) is 0.883. The van der Waals surface area contributed by atoms with E-state index in [2.05, 4.69) is 0 Å². The van der Waals surface area contributed by atoms with Gasteiger partial charge in [-0.1, -0.05) is 24.4 Å². The van der Waals surface area contributed by atoms with Crippen molar-refractivity contribution in [2.24, 2.45) is 5.73 Å². The zero-order valence-electron chi connectivity index (χ0n) is 10.3. The fourth-order valence-corrected chi connectivity index (χ4v) is 2.53. The fraction of sp³-hybridized carbons (Fsp3) is 0.571. The Hall–Kier alpha value is -0.730. The molecule has 0 unspecified atom stereocenters. The Kier molecular flexibility index (Phi) is 3.95. The van der Waals surface area contributed by atoms with E-state index in [4.69, 9.17) is 22.1 Å². The molecule has 0 aromatic heterocycles. The van der Waals surface area contributed by atoms with Crippen molar-refractivity contribution in [2.75, 3.05) is 6.61 Å². The SMILES string of the molecule is Cc1cc(OCCC2(N)CCCC2)ccc1Cl. The number of hydrogen-bond donors (Lipinski definition) is 1. The summed E-state index contributed by atoms with van der Waals surface area (Å²) in [7, 11) is 0. The lowest BCUT2D eigenvalue weighted by Crippen LogP contribution is -2.37. The van der Waals surface area contributed by atoms with E-state index in [1.807, 2.05) is 25.1 Å². The Labute approximate surface area is 108 Å². The zero-order chi connectivity index (χ0) is 12.3. The molecule has 0 heterocycles. The molecule has 1 aromatic rings. The summed E-state index contributed by atoms with van der Waals surface area (Å²) in [5, 5.41) is 0.781. The largest absolute Gasteiger partial charge is 0.494 e. The van der Waals surface area contributed by atoms with E-state index in [1.54, 1.807) is 0 Å². The van der Waals surface area contributed by atoms with Gasteiger partial charge in [0.25, 0.3) is 0 Å². The van der Waals surface area contributed by atoms with Crippen molar-refractivity contribution in [2.45, 2.75) is 44.6 Å². The smallest absolute Gasteiger partial charge is 0.119 e. The predicted molar refractivity (Wildman–Crippen MR) is 71.7 cm³/mol. The summed E-state index contributed by atoms with van der Waals surface area (Å²) < 4.78 is 5.73. The Balaban J connectivity index is 1.83. The average molecular weight is 254 g/mol. The molecule has 0 saturated heterocycles. The first-order chi connectivity index (χ1) is 8.09. The molecule has 1 fully saturated rings. The summed E-state index contributed by atoms with van der Waals surface area (Å²) in [6, 6.07) is 5.76. The quantitative estimate of drug-likeness (QED) is 0.888. The Morgan fingerprint density at radius 3 is 2.71 bits per heavy atom. The molecule has 0 amide bonds. The maximum Gasteiger partial charge on any atom is 0.119 e. The maximum atomic E-state index is 6.28. The number of hydrogen-bond acceptors (Lipinski definition) is 2. The third-order valence-electron chi connectivity index (χ3n) is 3.60. The minimum Gasteiger partial charge on any atom is -0.494 e. The molecule has 0 radical (unpaired) electrons. The van der Waals surface area contributed by atoms with E-state index >= 15 is 0 Å². The molecular formula is C14H20ClNO. The van der Waals surface area contributed by atoms with Gasteiger partial charge in [0.05, 0.1) is 6.61 Å². The third kappa shape index (κ3) is 3.36. The van der Waals surface area contributed by atoms with E-state index < -0.39 is 0 Å². The highest BCUT2D eigenvalue weighted by Gasteiger charge is 2.28. The van der Waals surface area contributed by atoms with Gasteiger partial charge in [0, 0.05) is 10.6 Å². The highest BCUT2D eigenvalue weighted by Crippen LogP contribution is 2.30. The van der Waals surface area contributed by atoms with Crippen molar-refractivity contribution < 1.29 is 4.74 Å². The van der Waals surface area contributed by atoms with Crippen molar-refractivity contribution >= 4 is 11.6 Å². The van der Waals surface area contributed by atoms with Crippen LogP contribution in [0, 0.1) is 6.92 Å². The lowest BCUT2D eigenvalue weighted by Gasteiger charge is -2.23. The molecule has 1 saturated carbocycles. The minimum absolute atomic E-state index is 0.0153. The van der Waals surface area contributed by atoms with Crippen molar-refractivity contribution in [3.63, 3.8) is 0 Å². The first-order valence-electron chi connectivity index (χ1n) is 6.27. The summed E-state index contributed by atoms with van der Waals surface area (Å²) in [4.78, 5) is 0. The van der Waals surface area contributed by atoms with Gasteiger partial charge in [-0.15, -0.1) is 0 Å². The van der Waals surface area contributed by atoms with Crippen LogP contribution >= 0.6 is 11.6 Å². The summed E-state index contributed by atoms with van der Waals surface area (Å²) in [6.45, 7) is 2.67. The highest BCUT2D eigenvalue weighted by atomic mass is 35.5. The van der Waals surface area contributed by atoms with Crippen LogP contribution in [0.15, 0.2) is 18.2 Å². The molecule has 0 spiro atoms. The molecule has 2 N–H and O–H groups in total. The topological polar surface area (TPSA) is 35.2 Å². The first-order valence-corrected chi connectivity index (χ1v) is 6.65. The van der Waals surface area contributed by atoms with Crippen LogP contribution in [-0.2, 0) is 0 Å². The Morgan fingerprint density at radius 1 is 1.35 bits per heavy atom. The van der Waals surface area contributed by atoms with E-state index in [-0.39, 0.29) is 5.54 Å². The van der Waals surface area contributed by atoms with Gasteiger partial charge < -0.3 is 10.5 Å². The summed E-state index contributed by atoms with van der Waals surface area (Å²) >= 11 is 5.96. The number of aryl methyl sites for hydroxylation is 1. The number of rotatable bonds is 4. The van der Waals surface area contributed by atoms with Gasteiger partial charge >= 0.3 is 0 Å². The number of nitrogens with two attached hydrogens (primary N) is 1. The Morgan fingerprint density at radius 2 is 2.06 bits per heavy atom. The van der Waals surface area contributed by atoms with Crippen molar-refractivity contribution in [3.05, 3.63) is 28.8 Å². The van der Waals surface area contributed by atoms with Gasteiger partial charge in [-0.05, 0) is 49.9 Å². The predicted octanol–water partition coefficient (Wildman–Crippen LogP) is 3.69. The monoisotopic (exact) mass is 253 g/mol. The molecule has 1 aliphatic carbocycles. The van der Waals surface area contributed by atoms with Crippen molar-refractivity contribution in [1.29, 1.82) is 0 Å². The van der Waals surface area contributed by atoms with E-state index in [0.717, 1.165) is 35.6 Å². The maximum absolute atomic E-state index is 6.28. The third-order valence-corrected chi connectivity index (χ3v) is 4.02. The van der Waals surface area contributed by atoms with Crippen molar-refractivity contribution in [3.8, 4) is 5.75 Å². The molecule has 94 valence electrons. The average Bonchev–Trinajstić information content (AvgIpc) is 2.71. The van der Waals surface area contributed by atoms with Gasteiger partial charge in [-0.2, -0.15) is 0 Å². The standard InChI is InChI=1S/C14H20ClNO/c1-11-10-12(4-5-13(11)15)17-9-8-14(16)6-2-3-7-14/h4-5,10H,2-3,6-9,16H2,1H3. The molecule has 1 aromatic carbocycles. The van der Waals surface area contributed by atoms with E-state index in [0.29, 0.717) is 6.61 Å². The van der Waals surface area contributed by atoms with Gasteiger partial charge in [0.15, 0.2) is 0 Å². The van der Waals surface area contributed by atoms with Crippen LogP contribution in [0.2, 0.25) is 5.02 Å². The van der Waals surface area contributed by atoms with Crippen LogP contribution in [0.5, 0.6) is 5.75 Å². The second-order valence-corrected chi connectivity index (χ2v) is 5.49. The molecule has 0 bridgehead atoms. The Bertz CT molecular complexity index is 386. The van der Waals surface area contributed by atoms with E-state index in [1.165, 1.54) is 12.8 Å². The summed E-state index contributed by atoms with van der Waals surface area (Å²) in [6.07, 6.45) is 5.73.